The first-order chi connectivity index (χ1) is 10.1. The quantitative estimate of drug-likeness (QED) is 0.922. The minimum atomic E-state index is 0.257. The van der Waals surface area contributed by atoms with Crippen molar-refractivity contribution in [1.82, 2.24) is 9.88 Å². The second kappa shape index (κ2) is 7.07. The van der Waals surface area contributed by atoms with Crippen molar-refractivity contribution >= 4 is 11.7 Å². The Balaban J connectivity index is 1.84. The lowest BCUT2D eigenvalue weighted by atomic mass is 10.0. The largest absolute Gasteiger partial charge is 0.367 e. The summed E-state index contributed by atoms with van der Waals surface area (Å²) in [5, 5.41) is 12.2. The first-order valence-electron chi connectivity index (χ1n) is 7.49. The van der Waals surface area contributed by atoms with Gasteiger partial charge in [-0.15, -0.1) is 0 Å². The van der Waals surface area contributed by atoms with E-state index in [1.807, 2.05) is 4.90 Å². The Morgan fingerprint density at radius 2 is 2.24 bits per heavy atom. The van der Waals surface area contributed by atoms with Gasteiger partial charge in [0.2, 0.25) is 5.91 Å². The summed E-state index contributed by atoms with van der Waals surface area (Å²) < 4.78 is 0. The van der Waals surface area contributed by atoms with Crippen molar-refractivity contribution in [3.8, 4) is 6.07 Å². The van der Waals surface area contributed by atoms with Gasteiger partial charge in [0.25, 0.3) is 0 Å². The molecule has 2 heterocycles. The Labute approximate surface area is 126 Å². The number of carbonyl (C=O) groups excluding carboxylic acids is 1. The van der Waals surface area contributed by atoms with Gasteiger partial charge in [0.15, 0.2) is 0 Å². The number of rotatable bonds is 4. The maximum atomic E-state index is 12.0. The lowest BCUT2D eigenvalue weighted by molar-refractivity contribution is -0.132. The van der Waals surface area contributed by atoms with Crippen LogP contribution >= 0.6 is 0 Å². The third-order valence-electron chi connectivity index (χ3n) is 3.67. The lowest BCUT2D eigenvalue weighted by Crippen LogP contribution is -2.42. The number of pyridine rings is 1. The van der Waals surface area contributed by atoms with E-state index in [9.17, 15) is 4.79 Å². The van der Waals surface area contributed by atoms with Gasteiger partial charge in [-0.3, -0.25) is 4.79 Å². The molecule has 0 aliphatic carbocycles. The molecule has 5 nitrogen and oxygen atoms in total. The van der Waals surface area contributed by atoms with E-state index < -0.39 is 0 Å². The fraction of sp³-hybridized carbons (Fsp3) is 0.562. The molecule has 21 heavy (non-hydrogen) atoms. The van der Waals surface area contributed by atoms with Crippen LogP contribution in [0.1, 0.15) is 38.7 Å². The molecule has 0 spiro atoms. The number of amides is 1. The molecule has 1 N–H and O–H groups in total. The highest BCUT2D eigenvalue weighted by molar-refractivity contribution is 5.76. The maximum Gasteiger partial charge on any atom is 0.222 e. The molecule has 1 amide bonds. The van der Waals surface area contributed by atoms with Crippen molar-refractivity contribution < 1.29 is 4.79 Å². The summed E-state index contributed by atoms with van der Waals surface area (Å²) in [5.41, 5.74) is 0.608. The van der Waals surface area contributed by atoms with Crippen LogP contribution in [-0.4, -0.2) is 34.9 Å². The number of aromatic nitrogens is 1. The summed E-state index contributed by atoms with van der Waals surface area (Å²) in [7, 11) is 0. The molecule has 2 rings (SSSR count). The van der Waals surface area contributed by atoms with Gasteiger partial charge in [-0.1, -0.05) is 13.8 Å². The molecule has 1 saturated heterocycles. The van der Waals surface area contributed by atoms with Crippen LogP contribution in [-0.2, 0) is 4.79 Å². The zero-order valence-corrected chi connectivity index (χ0v) is 12.7. The van der Waals surface area contributed by atoms with E-state index in [4.69, 9.17) is 5.26 Å². The van der Waals surface area contributed by atoms with Gasteiger partial charge in [0.05, 0.1) is 11.6 Å². The molecule has 112 valence electrons. The first-order valence-corrected chi connectivity index (χ1v) is 7.49. The number of nitriles is 1. The molecule has 0 radical (unpaired) electrons. The maximum absolute atomic E-state index is 12.0. The van der Waals surface area contributed by atoms with E-state index in [-0.39, 0.29) is 5.91 Å². The average Bonchev–Trinajstić information content (AvgIpc) is 2.47. The van der Waals surface area contributed by atoms with Gasteiger partial charge in [-0.2, -0.15) is 5.26 Å². The topological polar surface area (TPSA) is 69.0 Å². The minimum Gasteiger partial charge on any atom is -0.367 e. The molecule has 0 atom stereocenters. The standard InChI is InChI=1S/C16H22N4O/c1-12(2)9-16(21)20-7-4-14(5-8-20)19-15-10-13(11-17)3-6-18-15/h3,6,10,12,14H,4-5,7-9H2,1-2H3,(H,18,19). The van der Waals surface area contributed by atoms with Crippen molar-refractivity contribution in [1.29, 1.82) is 5.26 Å². The fourth-order valence-corrected chi connectivity index (χ4v) is 2.54. The summed E-state index contributed by atoms with van der Waals surface area (Å²) in [4.78, 5) is 18.2. The van der Waals surface area contributed by atoms with E-state index in [0.29, 0.717) is 23.9 Å². The van der Waals surface area contributed by atoms with E-state index in [2.05, 4.69) is 30.2 Å². The molecular weight excluding hydrogens is 264 g/mol. The highest BCUT2D eigenvalue weighted by atomic mass is 16.2. The highest BCUT2D eigenvalue weighted by Crippen LogP contribution is 2.17. The molecule has 0 bridgehead atoms. The van der Waals surface area contributed by atoms with E-state index in [1.165, 1.54) is 0 Å². The zero-order chi connectivity index (χ0) is 15.2. The van der Waals surface area contributed by atoms with Crippen molar-refractivity contribution in [3.63, 3.8) is 0 Å². The number of nitrogens with one attached hydrogen (secondary N) is 1. The Bertz CT molecular complexity index is 527. The van der Waals surface area contributed by atoms with Gasteiger partial charge < -0.3 is 10.2 Å². The predicted octanol–water partition coefficient (Wildman–Crippen LogP) is 2.40. The van der Waals surface area contributed by atoms with Crippen molar-refractivity contribution in [2.75, 3.05) is 18.4 Å². The van der Waals surface area contributed by atoms with E-state index >= 15 is 0 Å². The predicted molar refractivity (Wildman–Crippen MR) is 81.6 cm³/mol. The molecule has 0 unspecified atom stereocenters. The zero-order valence-electron chi connectivity index (χ0n) is 12.7. The van der Waals surface area contributed by atoms with Crippen LogP contribution in [0.3, 0.4) is 0 Å². The van der Waals surface area contributed by atoms with Crippen LogP contribution in [0.5, 0.6) is 0 Å². The monoisotopic (exact) mass is 286 g/mol. The summed E-state index contributed by atoms with van der Waals surface area (Å²) in [6.07, 6.45) is 4.11. The van der Waals surface area contributed by atoms with Crippen LogP contribution < -0.4 is 5.32 Å². The van der Waals surface area contributed by atoms with E-state index in [1.54, 1.807) is 18.3 Å². The molecule has 1 aromatic rings. The highest BCUT2D eigenvalue weighted by Gasteiger charge is 2.23. The van der Waals surface area contributed by atoms with Gasteiger partial charge in [-0.25, -0.2) is 4.98 Å². The smallest absolute Gasteiger partial charge is 0.222 e. The minimum absolute atomic E-state index is 0.257. The number of nitrogens with zero attached hydrogens (tertiary/aromatic N) is 3. The molecule has 5 heteroatoms. The van der Waals surface area contributed by atoms with Crippen LogP contribution in [0.4, 0.5) is 5.82 Å². The average molecular weight is 286 g/mol. The third kappa shape index (κ3) is 4.45. The van der Waals surface area contributed by atoms with E-state index in [0.717, 1.165) is 31.7 Å². The Morgan fingerprint density at radius 1 is 1.52 bits per heavy atom. The van der Waals surface area contributed by atoms with Crippen LogP contribution in [0.15, 0.2) is 18.3 Å². The SMILES string of the molecule is CC(C)CC(=O)N1CCC(Nc2cc(C#N)ccn2)CC1. The number of anilines is 1. The molecule has 1 aromatic heterocycles. The van der Waals surface area contributed by atoms with Crippen LogP contribution in [0.2, 0.25) is 0 Å². The number of carbonyl (C=O) groups is 1. The molecule has 1 fully saturated rings. The van der Waals surface area contributed by atoms with Crippen molar-refractivity contribution in [2.24, 2.45) is 5.92 Å². The number of hydrogen-bond donors (Lipinski definition) is 1. The lowest BCUT2D eigenvalue weighted by Gasteiger charge is -2.33. The Morgan fingerprint density at radius 3 is 2.86 bits per heavy atom. The molecule has 1 aliphatic heterocycles. The summed E-state index contributed by atoms with van der Waals surface area (Å²) in [6, 6.07) is 5.88. The second-order valence-corrected chi connectivity index (χ2v) is 5.94. The third-order valence-corrected chi connectivity index (χ3v) is 3.67. The number of likely N-dealkylation sites (tertiary alicyclic amines) is 1. The van der Waals surface area contributed by atoms with Gasteiger partial charge in [0.1, 0.15) is 5.82 Å². The first kappa shape index (κ1) is 15.3. The Hall–Kier alpha value is -2.09. The second-order valence-electron chi connectivity index (χ2n) is 5.94. The van der Waals surface area contributed by atoms with Crippen LogP contribution in [0.25, 0.3) is 0 Å². The summed E-state index contributed by atoms with van der Waals surface area (Å²) >= 11 is 0. The van der Waals surface area contributed by atoms with Gasteiger partial charge >= 0.3 is 0 Å². The number of hydrogen-bond acceptors (Lipinski definition) is 4. The molecular formula is C16H22N4O. The van der Waals surface area contributed by atoms with Crippen molar-refractivity contribution in [2.45, 2.75) is 39.2 Å². The summed E-state index contributed by atoms with van der Waals surface area (Å²) in [6.45, 7) is 5.72. The Kier molecular flexibility index (Phi) is 5.15. The van der Waals surface area contributed by atoms with Gasteiger partial charge in [0, 0.05) is 31.7 Å². The fourth-order valence-electron chi connectivity index (χ4n) is 2.54. The van der Waals surface area contributed by atoms with Crippen LogP contribution in [0, 0.1) is 17.2 Å². The molecule has 1 aliphatic rings. The summed E-state index contributed by atoms with van der Waals surface area (Å²) in [5.74, 6) is 1.40. The van der Waals surface area contributed by atoms with Gasteiger partial charge in [-0.05, 0) is 30.9 Å². The molecule has 0 saturated carbocycles. The normalized spacial score (nSPS) is 15.8. The number of piperidine rings is 1. The molecule has 0 aromatic carbocycles. The van der Waals surface area contributed by atoms with Crippen molar-refractivity contribution in [3.05, 3.63) is 23.9 Å².